The maximum absolute atomic E-state index is 13.6. The summed E-state index contributed by atoms with van der Waals surface area (Å²) < 4.78 is 29.7. The van der Waals surface area contributed by atoms with Crippen molar-refractivity contribution >= 4 is 17.5 Å². The van der Waals surface area contributed by atoms with Gasteiger partial charge in [-0.05, 0) is 42.7 Å². The van der Waals surface area contributed by atoms with Crippen molar-refractivity contribution in [3.63, 3.8) is 0 Å². The highest BCUT2D eigenvalue weighted by molar-refractivity contribution is 6.05. The standard InChI is InChI=1S/C27H32FN3O5/c1-34-14-13-30(27(33)19-5-4-6-19)17-26(32)31-24(18-7-9-20(28)10-8-18)16-23(29-31)22-12-11-21(35-2)15-25(22)36-3/h7-12,15,19,24H,4-6,13-14,16-17H2,1-3H3/t24-/m1/s1. The fourth-order valence-corrected chi connectivity index (χ4v) is 4.50. The van der Waals surface area contributed by atoms with Crippen LogP contribution in [-0.4, -0.2) is 68.5 Å². The molecule has 9 heteroatoms. The van der Waals surface area contributed by atoms with Gasteiger partial charge in [0.15, 0.2) is 0 Å². The number of benzene rings is 2. The number of halogens is 1. The molecule has 1 aliphatic carbocycles. The van der Waals surface area contributed by atoms with Crippen molar-refractivity contribution in [1.29, 1.82) is 0 Å². The van der Waals surface area contributed by atoms with Gasteiger partial charge in [-0.3, -0.25) is 9.59 Å². The molecule has 2 aliphatic rings. The molecule has 4 rings (SSSR count). The van der Waals surface area contributed by atoms with Gasteiger partial charge < -0.3 is 19.1 Å². The molecule has 8 nitrogen and oxygen atoms in total. The second kappa shape index (κ2) is 11.5. The lowest BCUT2D eigenvalue weighted by Gasteiger charge is -2.32. The predicted molar refractivity (Wildman–Crippen MR) is 132 cm³/mol. The van der Waals surface area contributed by atoms with Crippen LogP contribution in [0.15, 0.2) is 47.6 Å². The van der Waals surface area contributed by atoms with Crippen LogP contribution in [-0.2, 0) is 14.3 Å². The Balaban J connectivity index is 1.64. The van der Waals surface area contributed by atoms with Crippen LogP contribution in [0.4, 0.5) is 4.39 Å². The molecule has 0 N–H and O–H groups in total. The molecule has 36 heavy (non-hydrogen) atoms. The van der Waals surface area contributed by atoms with E-state index in [1.165, 1.54) is 17.1 Å². The van der Waals surface area contributed by atoms with E-state index < -0.39 is 6.04 Å². The summed E-state index contributed by atoms with van der Waals surface area (Å²) >= 11 is 0. The third-order valence-electron chi connectivity index (χ3n) is 6.80. The average Bonchev–Trinajstić information content (AvgIpc) is 3.30. The maximum atomic E-state index is 13.6. The normalized spacial score (nSPS) is 17.4. The topological polar surface area (TPSA) is 80.7 Å². The lowest BCUT2D eigenvalue weighted by molar-refractivity contribution is -0.146. The summed E-state index contributed by atoms with van der Waals surface area (Å²) in [5.41, 5.74) is 2.15. The minimum absolute atomic E-state index is 0.0230. The van der Waals surface area contributed by atoms with E-state index >= 15 is 0 Å². The Kier molecular flexibility index (Phi) is 8.20. The van der Waals surface area contributed by atoms with Gasteiger partial charge in [-0.1, -0.05) is 18.6 Å². The van der Waals surface area contributed by atoms with Crippen molar-refractivity contribution < 1.29 is 28.2 Å². The molecule has 0 bridgehead atoms. The van der Waals surface area contributed by atoms with Crippen LogP contribution >= 0.6 is 0 Å². The zero-order valence-electron chi connectivity index (χ0n) is 20.9. The molecule has 192 valence electrons. The summed E-state index contributed by atoms with van der Waals surface area (Å²) in [4.78, 5) is 28.2. The lowest BCUT2D eigenvalue weighted by Crippen LogP contribution is -2.46. The highest BCUT2D eigenvalue weighted by Gasteiger charge is 2.37. The quantitative estimate of drug-likeness (QED) is 0.499. The van der Waals surface area contributed by atoms with Gasteiger partial charge in [0, 0.05) is 37.6 Å². The molecule has 2 aromatic rings. The van der Waals surface area contributed by atoms with E-state index in [0.29, 0.717) is 36.8 Å². The van der Waals surface area contributed by atoms with Crippen molar-refractivity contribution in [2.24, 2.45) is 11.0 Å². The van der Waals surface area contributed by atoms with Gasteiger partial charge in [-0.15, -0.1) is 0 Å². The van der Waals surface area contributed by atoms with Crippen LogP contribution in [0.3, 0.4) is 0 Å². The van der Waals surface area contributed by atoms with E-state index in [2.05, 4.69) is 0 Å². The van der Waals surface area contributed by atoms with Crippen molar-refractivity contribution in [3.8, 4) is 11.5 Å². The van der Waals surface area contributed by atoms with E-state index in [9.17, 15) is 14.0 Å². The van der Waals surface area contributed by atoms with Gasteiger partial charge >= 0.3 is 0 Å². The minimum atomic E-state index is -0.442. The molecular formula is C27H32FN3O5. The molecule has 1 atom stereocenters. The number of carbonyl (C=O) groups is 2. The van der Waals surface area contributed by atoms with Gasteiger partial charge in [-0.25, -0.2) is 9.40 Å². The molecular weight excluding hydrogens is 465 g/mol. The third-order valence-corrected chi connectivity index (χ3v) is 6.80. The molecule has 0 unspecified atom stereocenters. The fourth-order valence-electron chi connectivity index (χ4n) is 4.50. The zero-order valence-corrected chi connectivity index (χ0v) is 20.9. The molecule has 1 heterocycles. The highest BCUT2D eigenvalue weighted by atomic mass is 19.1. The molecule has 2 amide bonds. The van der Waals surface area contributed by atoms with Crippen LogP contribution in [0.5, 0.6) is 11.5 Å². The SMILES string of the molecule is COCCN(CC(=O)N1N=C(c2ccc(OC)cc2OC)C[C@@H]1c1ccc(F)cc1)C(=O)C1CCC1. The maximum Gasteiger partial charge on any atom is 0.262 e. The first-order chi connectivity index (χ1) is 17.4. The first-order valence-electron chi connectivity index (χ1n) is 12.1. The lowest BCUT2D eigenvalue weighted by atomic mass is 9.84. The second-order valence-corrected chi connectivity index (χ2v) is 9.00. The molecule has 0 aromatic heterocycles. The van der Waals surface area contributed by atoms with Crippen molar-refractivity contribution in [2.75, 3.05) is 41.0 Å². The number of ether oxygens (including phenoxy) is 3. The first kappa shape index (κ1) is 25.6. The molecule has 0 saturated heterocycles. The Morgan fingerprint density at radius 3 is 2.44 bits per heavy atom. The summed E-state index contributed by atoms with van der Waals surface area (Å²) in [6.07, 6.45) is 3.13. The molecule has 2 aromatic carbocycles. The Hall–Kier alpha value is -3.46. The number of rotatable bonds is 10. The number of hydrogen-bond acceptors (Lipinski definition) is 6. The van der Waals surface area contributed by atoms with Crippen LogP contribution in [0.1, 0.15) is 42.9 Å². The zero-order chi connectivity index (χ0) is 25.7. The fraction of sp³-hybridized carbons (Fsp3) is 0.444. The van der Waals surface area contributed by atoms with E-state index in [4.69, 9.17) is 19.3 Å². The van der Waals surface area contributed by atoms with Crippen LogP contribution in [0.2, 0.25) is 0 Å². The number of carbonyl (C=O) groups excluding carboxylic acids is 2. The summed E-state index contributed by atoms with van der Waals surface area (Å²) in [6, 6.07) is 11.0. The van der Waals surface area contributed by atoms with Crippen LogP contribution < -0.4 is 9.47 Å². The number of methoxy groups -OCH3 is 3. The number of hydrazone groups is 1. The Morgan fingerprint density at radius 1 is 1.08 bits per heavy atom. The third kappa shape index (κ3) is 5.51. The van der Waals surface area contributed by atoms with Gasteiger partial charge in [0.1, 0.15) is 23.9 Å². The molecule has 1 saturated carbocycles. The van der Waals surface area contributed by atoms with E-state index in [1.54, 1.807) is 44.4 Å². The summed E-state index contributed by atoms with van der Waals surface area (Å²) in [5, 5.41) is 6.11. The second-order valence-electron chi connectivity index (χ2n) is 9.00. The summed E-state index contributed by atoms with van der Waals surface area (Å²) in [6.45, 7) is 0.563. The van der Waals surface area contributed by atoms with E-state index in [1.807, 2.05) is 12.1 Å². The van der Waals surface area contributed by atoms with Crippen molar-refractivity contribution in [3.05, 3.63) is 59.4 Å². The highest BCUT2D eigenvalue weighted by Crippen LogP contribution is 2.36. The Bertz CT molecular complexity index is 1120. The van der Waals surface area contributed by atoms with Gasteiger partial charge in [0.05, 0.1) is 32.6 Å². The monoisotopic (exact) mass is 497 g/mol. The molecule has 0 radical (unpaired) electrons. The number of hydrogen-bond donors (Lipinski definition) is 0. The van der Waals surface area contributed by atoms with Crippen molar-refractivity contribution in [1.82, 2.24) is 9.91 Å². The molecule has 1 aliphatic heterocycles. The van der Waals surface area contributed by atoms with Crippen molar-refractivity contribution in [2.45, 2.75) is 31.7 Å². The van der Waals surface area contributed by atoms with Gasteiger partial charge in [0.2, 0.25) is 5.91 Å². The Morgan fingerprint density at radius 2 is 1.83 bits per heavy atom. The van der Waals surface area contributed by atoms with E-state index in [-0.39, 0.29) is 30.1 Å². The summed E-state index contributed by atoms with van der Waals surface area (Å²) in [7, 11) is 4.71. The minimum Gasteiger partial charge on any atom is -0.497 e. The van der Waals surface area contributed by atoms with Gasteiger partial charge in [-0.2, -0.15) is 5.10 Å². The Labute approximate surface area is 210 Å². The summed E-state index contributed by atoms with van der Waals surface area (Å²) in [5.74, 6) is 0.483. The number of amides is 2. The van der Waals surface area contributed by atoms with E-state index in [0.717, 1.165) is 30.4 Å². The van der Waals surface area contributed by atoms with Crippen LogP contribution in [0, 0.1) is 11.7 Å². The number of nitrogens with zero attached hydrogens (tertiary/aromatic N) is 3. The van der Waals surface area contributed by atoms with Crippen LogP contribution in [0.25, 0.3) is 0 Å². The smallest absolute Gasteiger partial charge is 0.262 e. The first-order valence-corrected chi connectivity index (χ1v) is 12.1. The predicted octanol–water partition coefficient (Wildman–Crippen LogP) is 3.80. The average molecular weight is 498 g/mol. The largest absolute Gasteiger partial charge is 0.497 e. The van der Waals surface area contributed by atoms with Gasteiger partial charge in [0.25, 0.3) is 5.91 Å². The molecule has 0 spiro atoms. The molecule has 1 fully saturated rings.